The molecular formula is C45H52N6O5S. The van der Waals surface area contributed by atoms with Crippen molar-refractivity contribution in [2.45, 2.75) is 53.1 Å². The molecule has 1 fully saturated rings. The minimum atomic E-state index is -3.19. The molecule has 0 radical (unpaired) electrons. The molecule has 0 N–H and O–H groups in total. The highest BCUT2D eigenvalue weighted by atomic mass is 32.2. The van der Waals surface area contributed by atoms with E-state index < -0.39 is 10.0 Å². The fourth-order valence-corrected chi connectivity index (χ4v) is 9.85. The highest BCUT2D eigenvalue weighted by Gasteiger charge is 2.30. The van der Waals surface area contributed by atoms with Crippen molar-refractivity contribution in [1.82, 2.24) is 18.7 Å². The summed E-state index contributed by atoms with van der Waals surface area (Å²) < 4.78 is 42.8. The summed E-state index contributed by atoms with van der Waals surface area (Å²) in [5.74, 6) is 0.693. The van der Waals surface area contributed by atoms with Crippen LogP contribution < -0.4 is 14.5 Å². The number of sulfonamides is 1. The molecule has 0 aliphatic carbocycles. The Kier molecular flexibility index (Phi) is 11.0. The maximum Gasteiger partial charge on any atom is 0.355 e. The summed E-state index contributed by atoms with van der Waals surface area (Å²) in [7, 11) is -1.17. The van der Waals surface area contributed by atoms with Crippen molar-refractivity contribution in [2.75, 3.05) is 61.5 Å². The predicted octanol–water partition coefficient (Wildman–Crippen LogP) is 7.57. The standard InChI is InChI=1S/C45H52N6O5S/c1-5-55-45(52)44-38(18-11-30-56-41-19-9-14-33-13-7-8-15-36(33)41)37-16-10-17-39-42-32(3)46-47(4)40(42)31-49(24-12-25-51(44)43(37)39)35-22-20-34(21-23-35)48-26-28-50(29-27-48)57(53,54)6-2/h7-10,13-17,19-23H,5-6,11-12,18,24-31H2,1-4H3. The smallest absolute Gasteiger partial charge is 0.355 e. The van der Waals surface area contributed by atoms with Crippen molar-refractivity contribution < 1.29 is 22.7 Å². The molecular weight excluding hydrogens is 737 g/mol. The summed E-state index contributed by atoms with van der Waals surface area (Å²) >= 11 is 0. The van der Waals surface area contributed by atoms with Crippen LogP contribution >= 0.6 is 0 Å². The zero-order valence-electron chi connectivity index (χ0n) is 33.4. The lowest BCUT2D eigenvalue weighted by Gasteiger charge is -2.35. The van der Waals surface area contributed by atoms with Gasteiger partial charge in [0.25, 0.3) is 0 Å². The van der Waals surface area contributed by atoms with Crippen molar-refractivity contribution >= 4 is 49.0 Å². The maximum atomic E-state index is 14.0. The summed E-state index contributed by atoms with van der Waals surface area (Å²) in [6, 6.07) is 29.4. The number of hydrogen-bond acceptors (Lipinski definition) is 8. The van der Waals surface area contributed by atoms with Crippen LogP contribution in [0.1, 0.15) is 54.1 Å². The normalized spacial score (nSPS) is 15.2. The fourth-order valence-electron chi connectivity index (χ4n) is 8.76. The van der Waals surface area contributed by atoms with Gasteiger partial charge in [-0.05, 0) is 81.3 Å². The molecule has 2 aromatic heterocycles. The Morgan fingerprint density at radius 1 is 0.807 bits per heavy atom. The first-order valence-electron chi connectivity index (χ1n) is 20.2. The topological polar surface area (TPSA) is 102 Å². The monoisotopic (exact) mass is 788 g/mol. The first-order valence-corrected chi connectivity index (χ1v) is 21.8. The summed E-state index contributed by atoms with van der Waals surface area (Å²) in [4.78, 5) is 18.7. The molecule has 0 amide bonds. The second-order valence-corrected chi connectivity index (χ2v) is 17.2. The van der Waals surface area contributed by atoms with Gasteiger partial charge in [0, 0.05) is 79.6 Å². The van der Waals surface area contributed by atoms with Crippen molar-refractivity contribution in [3.05, 3.63) is 108 Å². The van der Waals surface area contributed by atoms with E-state index in [1.54, 1.807) is 11.2 Å². The SMILES string of the molecule is CCOC(=O)c1c(CCCOc2cccc3ccccc23)c2cccc3c2n1CCCN(c1ccc(N2CCN(S(=O)(=O)CC)CC2)cc1)Cc1c-3c(C)nn1C. The molecule has 0 atom stereocenters. The van der Waals surface area contributed by atoms with E-state index in [0.29, 0.717) is 64.6 Å². The van der Waals surface area contributed by atoms with Crippen molar-refractivity contribution in [3.63, 3.8) is 0 Å². The Hall–Kier alpha value is -5.33. The van der Waals surface area contributed by atoms with Gasteiger partial charge in [-0.15, -0.1) is 0 Å². The first kappa shape index (κ1) is 38.5. The molecule has 12 heteroatoms. The van der Waals surface area contributed by atoms with Crippen molar-refractivity contribution in [2.24, 2.45) is 7.05 Å². The lowest BCUT2D eigenvalue weighted by molar-refractivity contribution is 0.0512. The molecule has 298 valence electrons. The number of carbonyl (C=O) groups is 1. The highest BCUT2D eigenvalue weighted by Crippen LogP contribution is 2.40. The number of piperazine rings is 1. The summed E-state index contributed by atoms with van der Waals surface area (Å²) in [6.07, 6.45) is 2.19. The van der Waals surface area contributed by atoms with Crippen LogP contribution in [0.4, 0.5) is 11.4 Å². The molecule has 8 rings (SSSR count). The average molecular weight is 789 g/mol. The zero-order chi connectivity index (χ0) is 39.7. The number of rotatable bonds is 11. The van der Waals surface area contributed by atoms with Crippen LogP contribution in [0, 0.1) is 6.92 Å². The maximum absolute atomic E-state index is 14.0. The number of aromatic nitrogens is 3. The highest BCUT2D eigenvalue weighted by molar-refractivity contribution is 7.89. The number of fused-ring (bicyclic) bond motifs is 3. The number of ether oxygens (including phenoxy) is 2. The molecule has 0 spiro atoms. The first-order chi connectivity index (χ1) is 27.7. The molecule has 11 nitrogen and oxygen atoms in total. The number of esters is 1. The van der Waals surface area contributed by atoms with Crippen LogP contribution in [0.5, 0.6) is 5.75 Å². The molecule has 2 aliphatic heterocycles. The van der Waals surface area contributed by atoms with E-state index >= 15 is 0 Å². The van der Waals surface area contributed by atoms with Gasteiger partial charge in [0.1, 0.15) is 11.4 Å². The molecule has 4 aromatic carbocycles. The van der Waals surface area contributed by atoms with Crippen LogP contribution in [-0.2, 0) is 41.3 Å². The molecule has 2 aliphatic rings. The van der Waals surface area contributed by atoms with E-state index in [9.17, 15) is 13.2 Å². The largest absolute Gasteiger partial charge is 0.493 e. The molecule has 0 saturated carbocycles. The number of carbonyl (C=O) groups excluding carboxylic acids is 1. The van der Waals surface area contributed by atoms with Gasteiger partial charge < -0.3 is 23.8 Å². The number of aryl methyl sites for hydroxylation is 4. The van der Waals surface area contributed by atoms with Crippen LogP contribution in [0.15, 0.2) is 84.9 Å². The van der Waals surface area contributed by atoms with E-state index in [0.717, 1.165) is 86.3 Å². The summed E-state index contributed by atoms with van der Waals surface area (Å²) in [6.45, 7) is 10.8. The van der Waals surface area contributed by atoms with Gasteiger partial charge in [0.15, 0.2) is 0 Å². The van der Waals surface area contributed by atoms with E-state index in [1.807, 2.05) is 42.9 Å². The Balaban J connectivity index is 1.10. The van der Waals surface area contributed by atoms with Crippen LogP contribution in [0.25, 0.3) is 32.8 Å². The number of para-hydroxylation sites is 1. The van der Waals surface area contributed by atoms with Gasteiger partial charge in [0.2, 0.25) is 10.0 Å². The number of benzene rings is 4. The average Bonchev–Trinajstić information content (AvgIpc) is 3.70. The van der Waals surface area contributed by atoms with Crippen LogP contribution in [0.3, 0.4) is 0 Å². The second-order valence-electron chi connectivity index (χ2n) is 14.9. The van der Waals surface area contributed by atoms with Gasteiger partial charge in [-0.3, -0.25) is 4.68 Å². The lowest BCUT2D eigenvalue weighted by Crippen LogP contribution is -2.49. The third-order valence-electron chi connectivity index (χ3n) is 11.6. The zero-order valence-corrected chi connectivity index (χ0v) is 34.2. The number of anilines is 2. The number of hydrogen-bond donors (Lipinski definition) is 0. The summed E-state index contributed by atoms with van der Waals surface area (Å²) in [5, 5.41) is 8.25. The minimum absolute atomic E-state index is 0.129. The quantitative estimate of drug-likeness (QED) is 0.0980. The molecule has 0 unspecified atom stereocenters. The van der Waals surface area contributed by atoms with E-state index in [-0.39, 0.29) is 11.7 Å². The Labute approximate surface area is 335 Å². The van der Waals surface area contributed by atoms with Gasteiger partial charge in [-0.1, -0.05) is 54.6 Å². The van der Waals surface area contributed by atoms with Gasteiger partial charge >= 0.3 is 5.97 Å². The molecule has 4 heterocycles. The third kappa shape index (κ3) is 7.48. The van der Waals surface area contributed by atoms with Gasteiger partial charge in [-0.2, -0.15) is 9.40 Å². The second kappa shape index (κ2) is 16.3. The van der Waals surface area contributed by atoms with Crippen molar-refractivity contribution in [3.8, 4) is 16.9 Å². The van der Waals surface area contributed by atoms with Crippen LogP contribution in [-0.4, -0.2) is 84.7 Å². The Bertz CT molecular complexity index is 2510. The Morgan fingerprint density at radius 2 is 1.51 bits per heavy atom. The third-order valence-corrected chi connectivity index (χ3v) is 13.5. The molecule has 6 aromatic rings. The Morgan fingerprint density at radius 3 is 2.26 bits per heavy atom. The fraction of sp³-hybridized carbons (Fsp3) is 0.378. The minimum Gasteiger partial charge on any atom is -0.493 e. The summed E-state index contributed by atoms with van der Waals surface area (Å²) in [5.41, 5.74) is 9.05. The molecule has 57 heavy (non-hydrogen) atoms. The number of nitrogens with zero attached hydrogens (tertiary/aromatic N) is 6. The van der Waals surface area contributed by atoms with Gasteiger partial charge in [-0.25, -0.2) is 13.2 Å². The molecule has 0 bridgehead atoms. The van der Waals surface area contributed by atoms with E-state index in [4.69, 9.17) is 14.6 Å². The van der Waals surface area contributed by atoms with E-state index in [2.05, 4.69) is 82.0 Å². The van der Waals surface area contributed by atoms with Gasteiger partial charge in [0.05, 0.1) is 42.4 Å². The van der Waals surface area contributed by atoms with E-state index in [1.165, 1.54) is 0 Å². The molecule has 1 saturated heterocycles. The van der Waals surface area contributed by atoms with Crippen LogP contribution in [0.2, 0.25) is 0 Å². The predicted molar refractivity (Wildman–Crippen MR) is 228 cm³/mol. The van der Waals surface area contributed by atoms with Crippen molar-refractivity contribution in [1.29, 1.82) is 0 Å². The lowest BCUT2D eigenvalue weighted by atomic mass is 9.97.